The maximum absolute atomic E-state index is 13.3. The third kappa shape index (κ3) is 4.63. The lowest BCUT2D eigenvalue weighted by molar-refractivity contribution is -0.0578. The van der Waals surface area contributed by atoms with Crippen molar-refractivity contribution in [3.05, 3.63) is 0 Å². The minimum absolute atomic E-state index is 0. The Hall–Kier alpha value is 0.0700. The van der Waals surface area contributed by atoms with Crippen LogP contribution in [0.15, 0.2) is 0 Å². The molecule has 2 atom stereocenters. The lowest BCUT2D eigenvalue weighted by Crippen LogP contribution is -2.46. The fraction of sp³-hybridized carbons (Fsp3) is 1.00. The molecular weight excluding hydrogens is 258 g/mol. The molecule has 2 unspecified atom stereocenters. The molecule has 1 heterocycles. The van der Waals surface area contributed by atoms with E-state index >= 15 is 0 Å². The number of halogens is 3. The van der Waals surface area contributed by atoms with Crippen LogP contribution in [0.25, 0.3) is 0 Å². The first kappa shape index (κ1) is 16.1. The van der Waals surface area contributed by atoms with Crippen LogP contribution in [0.5, 0.6) is 0 Å². The van der Waals surface area contributed by atoms with Crippen molar-refractivity contribution in [3.63, 3.8) is 0 Å². The van der Waals surface area contributed by atoms with E-state index in [1.54, 1.807) is 0 Å². The Balaban J connectivity index is 0.00000162. The van der Waals surface area contributed by atoms with Gasteiger partial charge in [0.1, 0.15) is 0 Å². The van der Waals surface area contributed by atoms with Crippen molar-refractivity contribution in [2.45, 2.75) is 50.5 Å². The van der Waals surface area contributed by atoms with E-state index in [-0.39, 0.29) is 31.2 Å². The minimum Gasteiger partial charge on any atom is -0.316 e. The summed E-state index contributed by atoms with van der Waals surface area (Å²) in [6.45, 7) is 2.98. The highest BCUT2D eigenvalue weighted by Gasteiger charge is 2.37. The first-order valence-electron chi connectivity index (χ1n) is 6.86. The molecule has 5 heteroatoms. The number of nitrogens with one attached hydrogen (secondary N) is 1. The van der Waals surface area contributed by atoms with E-state index in [1.807, 2.05) is 7.05 Å². The minimum atomic E-state index is -2.40. The van der Waals surface area contributed by atoms with Crippen LogP contribution in [0.4, 0.5) is 8.78 Å². The number of hydrogen-bond donors (Lipinski definition) is 1. The average Bonchev–Trinajstić information content (AvgIpc) is 2.28. The molecule has 0 aromatic heterocycles. The topological polar surface area (TPSA) is 15.3 Å². The van der Waals surface area contributed by atoms with Crippen molar-refractivity contribution in [1.29, 1.82) is 0 Å². The summed E-state index contributed by atoms with van der Waals surface area (Å²) in [5.41, 5.74) is 0. The number of alkyl halides is 2. The van der Waals surface area contributed by atoms with Crippen LogP contribution in [0.3, 0.4) is 0 Å². The van der Waals surface area contributed by atoms with Gasteiger partial charge in [-0.3, -0.25) is 0 Å². The molecule has 18 heavy (non-hydrogen) atoms. The Kier molecular flexibility index (Phi) is 6.28. The maximum Gasteiger partial charge on any atom is 0.248 e. The number of likely N-dealkylation sites (N-methyl/N-ethyl adjacent to an activating group) is 1. The van der Waals surface area contributed by atoms with Crippen LogP contribution >= 0.6 is 12.4 Å². The molecule has 1 aliphatic carbocycles. The second-order valence-electron chi connectivity index (χ2n) is 5.71. The molecule has 1 saturated carbocycles. The van der Waals surface area contributed by atoms with Crippen molar-refractivity contribution in [1.82, 2.24) is 10.2 Å². The maximum atomic E-state index is 13.3. The Bertz CT molecular complexity index is 251. The van der Waals surface area contributed by atoms with E-state index in [0.29, 0.717) is 12.5 Å². The number of hydrogen-bond acceptors (Lipinski definition) is 2. The molecule has 2 fully saturated rings. The standard InChI is InChI=1S/C13H24F2N2.ClH/c1-16-12-5-3-7-17(10-12)9-11-4-2-6-13(14,15)8-11;/h11-12,16H,2-10H2,1H3;1H. The predicted molar refractivity (Wildman–Crippen MR) is 72.7 cm³/mol. The van der Waals surface area contributed by atoms with Gasteiger partial charge in [-0.15, -0.1) is 12.4 Å². The highest BCUT2D eigenvalue weighted by molar-refractivity contribution is 5.85. The van der Waals surface area contributed by atoms with E-state index in [9.17, 15) is 8.78 Å². The van der Waals surface area contributed by atoms with Crippen LogP contribution in [0.1, 0.15) is 38.5 Å². The molecule has 0 bridgehead atoms. The Morgan fingerprint density at radius 1 is 1.28 bits per heavy atom. The van der Waals surface area contributed by atoms with Gasteiger partial charge in [-0.05, 0) is 45.2 Å². The van der Waals surface area contributed by atoms with Crippen molar-refractivity contribution in [2.75, 3.05) is 26.7 Å². The van der Waals surface area contributed by atoms with Crippen molar-refractivity contribution in [2.24, 2.45) is 5.92 Å². The predicted octanol–water partition coefficient (Wildman–Crippen LogP) is 2.92. The largest absolute Gasteiger partial charge is 0.316 e. The smallest absolute Gasteiger partial charge is 0.248 e. The molecule has 1 aliphatic heterocycles. The second kappa shape index (κ2) is 7.01. The van der Waals surface area contributed by atoms with Gasteiger partial charge in [-0.1, -0.05) is 0 Å². The van der Waals surface area contributed by atoms with Gasteiger partial charge in [0.05, 0.1) is 0 Å². The summed E-state index contributed by atoms with van der Waals surface area (Å²) < 4.78 is 26.6. The van der Waals surface area contributed by atoms with Crippen LogP contribution in [0, 0.1) is 5.92 Å². The van der Waals surface area contributed by atoms with Crippen LogP contribution in [0.2, 0.25) is 0 Å². The van der Waals surface area contributed by atoms with Gasteiger partial charge in [0.25, 0.3) is 0 Å². The SMILES string of the molecule is CNC1CCCN(CC2CCCC(F)(F)C2)C1.Cl. The van der Waals surface area contributed by atoms with Gasteiger partial charge >= 0.3 is 0 Å². The fourth-order valence-corrected chi connectivity index (χ4v) is 3.25. The van der Waals surface area contributed by atoms with Crippen molar-refractivity contribution in [3.8, 4) is 0 Å². The van der Waals surface area contributed by atoms with Gasteiger partial charge in [0.15, 0.2) is 0 Å². The van der Waals surface area contributed by atoms with Crippen molar-refractivity contribution < 1.29 is 8.78 Å². The number of rotatable bonds is 3. The number of nitrogens with zero attached hydrogens (tertiary/aromatic N) is 1. The lowest BCUT2D eigenvalue weighted by atomic mass is 9.86. The summed E-state index contributed by atoms with van der Waals surface area (Å²) in [5.74, 6) is -2.20. The number of piperidine rings is 1. The molecule has 2 rings (SSSR count). The molecule has 2 aliphatic rings. The molecule has 108 valence electrons. The van der Waals surface area contributed by atoms with E-state index < -0.39 is 5.92 Å². The zero-order valence-electron chi connectivity index (χ0n) is 11.1. The molecule has 2 nitrogen and oxygen atoms in total. The summed E-state index contributed by atoms with van der Waals surface area (Å²) in [4.78, 5) is 2.37. The molecule has 1 saturated heterocycles. The van der Waals surface area contributed by atoms with Gasteiger partial charge in [-0.2, -0.15) is 0 Å². The zero-order chi connectivity index (χ0) is 12.3. The van der Waals surface area contributed by atoms with E-state index in [2.05, 4.69) is 10.2 Å². The van der Waals surface area contributed by atoms with Crippen LogP contribution < -0.4 is 5.32 Å². The molecule has 0 spiro atoms. The summed E-state index contributed by atoms with van der Waals surface area (Å²) in [7, 11) is 1.99. The van der Waals surface area contributed by atoms with E-state index in [4.69, 9.17) is 0 Å². The fourth-order valence-electron chi connectivity index (χ4n) is 3.25. The third-order valence-corrected chi connectivity index (χ3v) is 4.17. The molecule has 1 N–H and O–H groups in total. The van der Waals surface area contributed by atoms with Gasteiger partial charge in [0, 0.05) is 32.0 Å². The molecule has 0 aromatic rings. The average molecular weight is 283 g/mol. The second-order valence-corrected chi connectivity index (χ2v) is 5.71. The molecule has 0 amide bonds. The Morgan fingerprint density at radius 2 is 2.06 bits per heavy atom. The zero-order valence-corrected chi connectivity index (χ0v) is 11.9. The first-order valence-corrected chi connectivity index (χ1v) is 6.86. The molecule has 0 radical (unpaired) electrons. The van der Waals surface area contributed by atoms with Crippen LogP contribution in [-0.2, 0) is 0 Å². The monoisotopic (exact) mass is 282 g/mol. The first-order chi connectivity index (χ1) is 8.09. The van der Waals surface area contributed by atoms with Crippen molar-refractivity contribution >= 4 is 12.4 Å². The van der Waals surface area contributed by atoms with Gasteiger partial charge in [0.2, 0.25) is 5.92 Å². The van der Waals surface area contributed by atoms with Gasteiger partial charge in [-0.25, -0.2) is 8.78 Å². The number of likely N-dealkylation sites (tertiary alicyclic amines) is 1. The van der Waals surface area contributed by atoms with E-state index in [0.717, 1.165) is 26.1 Å². The normalized spacial score (nSPS) is 32.8. The molecule has 0 aromatic carbocycles. The lowest BCUT2D eigenvalue weighted by Gasteiger charge is -2.37. The Labute approximate surface area is 115 Å². The summed E-state index contributed by atoms with van der Waals surface area (Å²) >= 11 is 0. The quantitative estimate of drug-likeness (QED) is 0.856. The third-order valence-electron chi connectivity index (χ3n) is 4.17. The highest BCUT2D eigenvalue weighted by atomic mass is 35.5. The Morgan fingerprint density at radius 3 is 2.72 bits per heavy atom. The summed E-state index contributed by atoms with van der Waals surface area (Å²) in [6.07, 6.45) is 4.29. The van der Waals surface area contributed by atoms with E-state index in [1.165, 1.54) is 12.8 Å². The molecular formula is C13H25ClF2N2. The summed E-state index contributed by atoms with van der Waals surface area (Å²) in [6, 6.07) is 0.549. The van der Waals surface area contributed by atoms with Gasteiger partial charge < -0.3 is 10.2 Å². The van der Waals surface area contributed by atoms with Crippen LogP contribution in [-0.4, -0.2) is 43.5 Å². The highest BCUT2D eigenvalue weighted by Crippen LogP contribution is 2.37. The summed E-state index contributed by atoms with van der Waals surface area (Å²) in [5, 5.41) is 3.30.